The Bertz CT molecular complexity index is 566. The van der Waals surface area contributed by atoms with Crippen molar-refractivity contribution in [1.82, 2.24) is 9.78 Å². The van der Waals surface area contributed by atoms with Crippen LogP contribution in [0.5, 0.6) is 5.75 Å². The monoisotopic (exact) mass is 255 g/mol. The molecule has 0 aliphatic carbocycles. The van der Waals surface area contributed by atoms with E-state index in [4.69, 9.17) is 10.00 Å². The third-order valence-electron chi connectivity index (χ3n) is 3.08. The lowest BCUT2D eigenvalue weighted by Gasteiger charge is -2.08. The summed E-state index contributed by atoms with van der Waals surface area (Å²) in [6.07, 6.45) is 3.03. The van der Waals surface area contributed by atoms with Gasteiger partial charge in [-0.1, -0.05) is 6.92 Å². The maximum absolute atomic E-state index is 8.71. The van der Waals surface area contributed by atoms with Crippen molar-refractivity contribution in [2.24, 2.45) is 0 Å². The molecule has 4 heteroatoms. The fourth-order valence-electron chi connectivity index (χ4n) is 1.67. The topological polar surface area (TPSA) is 50.8 Å². The van der Waals surface area contributed by atoms with Crippen LogP contribution in [-0.4, -0.2) is 9.78 Å². The van der Waals surface area contributed by atoms with Gasteiger partial charge in [0.15, 0.2) is 0 Å². The lowest BCUT2D eigenvalue weighted by atomic mass is 10.2. The molecule has 4 nitrogen and oxygen atoms in total. The Balaban J connectivity index is 1.94. The first kappa shape index (κ1) is 13.2. The van der Waals surface area contributed by atoms with Crippen molar-refractivity contribution >= 4 is 0 Å². The van der Waals surface area contributed by atoms with Crippen molar-refractivity contribution < 1.29 is 4.74 Å². The van der Waals surface area contributed by atoms with E-state index in [1.54, 1.807) is 24.3 Å². The minimum absolute atomic E-state index is 0.406. The summed E-state index contributed by atoms with van der Waals surface area (Å²) in [5.41, 5.74) is 1.54. The molecule has 1 atom stereocenters. The van der Waals surface area contributed by atoms with E-state index >= 15 is 0 Å². The van der Waals surface area contributed by atoms with Crippen LogP contribution in [0.25, 0.3) is 0 Å². The first-order valence-corrected chi connectivity index (χ1v) is 6.40. The molecule has 0 bridgehead atoms. The van der Waals surface area contributed by atoms with E-state index in [9.17, 15) is 0 Å². The predicted molar refractivity (Wildman–Crippen MR) is 72.7 cm³/mol. The Morgan fingerprint density at radius 2 is 2.05 bits per heavy atom. The summed E-state index contributed by atoms with van der Waals surface area (Å²) in [7, 11) is 0. The number of nitrogens with zero attached hydrogens (tertiary/aromatic N) is 3. The van der Waals surface area contributed by atoms with Gasteiger partial charge in [0.25, 0.3) is 0 Å². The maximum atomic E-state index is 8.71. The Labute approximate surface area is 113 Å². The lowest BCUT2D eigenvalue weighted by Crippen LogP contribution is -2.05. The third kappa shape index (κ3) is 3.35. The van der Waals surface area contributed by atoms with Crippen LogP contribution in [0.4, 0.5) is 0 Å². The normalized spacial score (nSPS) is 11.8. The number of benzene rings is 1. The molecule has 0 saturated heterocycles. The Kier molecular flexibility index (Phi) is 4.19. The highest BCUT2D eigenvalue weighted by atomic mass is 16.5. The summed E-state index contributed by atoms with van der Waals surface area (Å²) in [5, 5.41) is 13.2. The quantitative estimate of drug-likeness (QED) is 0.823. The molecule has 0 N–H and O–H groups in total. The summed E-state index contributed by atoms with van der Waals surface area (Å²) in [5.74, 6) is 0.747. The minimum Gasteiger partial charge on any atom is -0.487 e. The van der Waals surface area contributed by atoms with Gasteiger partial charge < -0.3 is 4.74 Å². The van der Waals surface area contributed by atoms with Crippen molar-refractivity contribution in [3.63, 3.8) is 0 Å². The highest BCUT2D eigenvalue weighted by Crippen LogP contribution is 2.14. The molecule has 0 spiro atoms. The molecule has 1 unspecified atom stereocenters. The molecule has 19 heavy (non-hydrogen) atoms. The zero-order chi connectivity index (χ0) is 13.7. The summed E-state index contributed by atoms with van der Waals surface area (Å²) in [6, 6.07) is 11.5. The van der Waals surface area contributed by atoms with Crippen molar-refractivity contribution in [3.8, 4) is 11.8 Å². The summed E-state index contributed by atoms with van der Waals surface area (Å²) < 4.78 is 7.59. The van der Waals surface area contributed by atoms with Gasteiger partial charge in [-0.25, -0.2) is 0 Å². The highest BCUT2D eigenvalue weighted by Gasteiger charge is 2.05. The van der Waals surface area contributed by atoms with Gasteiger partial charge in [0.2, 0.25) is 0 Å². The predicted octanol–water partition coefficient (Wildman–Crippen LogP) is 3.30. The Morgan fingerprint density at radius 3 is 2.68 bits per heavy atom. The molecule has 98 valence electrons. The molecule has 1 aromatic heterocycles. The van der Waals surface area contributed by atoms with Gasteiger partial charge in [-0.2, -0.15) is 10.4 Å². The van der Waals surface area contributed by atoms with Crippen molar-refractivity contribution in [2.45, 2.75) is 32.9 Å². The number of hydrogen-bond donors (Lipinski definition) is 0. The smallest absolute Gasteiger partial charge is 0.132 e. The molecule has 1 heterocycles. The molecule has 0 aliphatic heterocycles. The molecule has 1 aromatic carbocycles. The first-order valence-electron chi connectivity index (χ1n) is 6.40. The molecule has 0 fully saturated rings. The van der Waals surface area contributed by atoms with Crippen molar-refractivity contribution in [2.75, 3.05) is 0 Å². The fourth-order valence-corrected chi connectivity index (χ4v) is 1.67. The van der Waals surface area contributed by atoms with Gasteiger partial charge in [0.1, 0.15) is 12.4 Å². The number of ether oxygens (including phenoxy) is 1. The van der Waals surface area contributed by atoms with Crippen LogP contribution in [0.15, 0.2) is 36.5 Å². The average molecular weight is 255 g/mol. The van der Waals surface area contributed by atoms with E-state index in [0.29, 0.717) is 18.2 Å². The summed E-state index contributed by atoms with van der Waals surface area (Å²) >= 11 is 0. The van der Waals surface area contributed by atoms with Crippen LogP contribution in [0.1, 0.15) is 37.6 Å². The second-order valence-electron chi connectivity index (χ2n) is 4.47. The van der Waals surface area contributed by atoms with Gasteiger partial charge in [-0.15, -0.1) is 0 Å². The number of nitriles is 1. The Hall–Kier alpha value is -2.28. The van der Waals surface area contributed by atoms with Crippen LogP contribution in [-0.2, 0) is 6.61 Å². The molecular formula is C15H17N3O. The second-order valence-corrected chi connectivity index (χ2v) is 4.47. The van der Waals surface area contributed by atoms with Gasteiger partial charge in [0.05, 0.1) is 17.3 Å². The van der Waals surface area contributed by atoms with Gasteiger partial charge in [-0.3, -0.25) is 4.68 Å². The highest BCUT2D eigenvalue weighted by molar-refractivity contribution is 5.34. The van der Waals surface area contributed by atoms with E-state index in [1.165, 1.54) is 0 Å². The SMILES string of the molecule is CCC(C)n1ccc(COc2ccc(C#N)cc2)n1. The van der Waals surface area contributed by atoms with Crippen molar-refractivity contribution in [1.29, 1.82) is 5.26 Å². The molecule has 2 aromatic rings. The molecule has 0 amide bonds. The first-order chi connectivity index (χ1) is 9.22. The van der Waals surface area contributed by atoms with Crippen LogP contribution in [0, 0.1) is 11.3 Å². The fraction of sp³-hybridized carbons (Fsp3) is 0.333. The number of aromatic nitrogens is 2. The molecule has 0 aliphatic rings. The molecule has 2 rings (SSSR count). The largest absolute Gasteiger partial charge is 0.487 e. The van der Waals surface area contributed by atoms with Gasteiger partial charge in [0, 0.05) is 12.2 Å². The van der Waals surface area contributed by atoms with E-state index in [2.05, 4.69) is 25.0 Å². The van der Waals surface area contributed by atoms with Gasteiger partial charge in [-0.05, 0) is 43.7 Å². The van der Waals surface area contributed by atoms with Crippen LogP contribution in [0.3, 0.4) is 0 Å². The number of hydrogen-bond acceptors (Lipinski definition) is 3. The zero-order valence-electron chi connectivity index (χ0n) is 11.2. The van der Waals surface area contributed by atoms with Crippen LogP contribution in [0.2, 0.25) is 0 Å². The second kappa shape index (κ2) is 6.05. The minimum atomic E-state index is 0.406. The standard InChI is InChI=1S/C15H17N3O/c1-3-12(2)18-9-8-14(17-18)11-19-15-6-4-13(10-16)5-7-15/h4-9,12H,3,11H2,1-2H3. The van der Waals surface area contributed by atoms with Gasteiger partial charge >= 0.3 is 0 Å². The van der Waals surface area contributed by atoms with Crippen molar-refractivity contribution in [3.05, 3.63) is 47.8 Å². The third-order valence-corrected chi connectivity index (χ3v) is 3.08. The Morgan fingerprint density at radius 1 is 1.32 bits per heavy atom. The summed E-state index contributed by atoms with van der Waals surface area (Å²) in [4.78, 5) is 0. The van der Waals surface area contributed by atoms with Crippen LogP contribution >= 0.6 is 0 Å². The molecular weight excluding hydrogens is 238 g/mol. The van der Waals surface area contributed by atoms with E-state index in [-0.39, 0.29) is 0 Å². The maximum Gasteiger partial charge on any atom is 0.132 e. The van der Waals surface area contributed by atoms with Crippen LogP contribution < -0.4 is 4.74 Å². The number of rotatable bonds is 5. The van der Waals surface area contributed by atoms with E-state index < -0.39 is 0 Å². The van der Waals surface area contributed by atoms with E-state index in [0.717, 1.165) is 17.9 Å². The summed E-state index contributed by atoms with van der Waals surface area (Å²) in [6.45, 7) is 4.72. The average Bonchev–Trinajstić information content (AvgIpc) is 2.93. The zero-order valence-corrected chi connectivity index (χ0v) is 11.2. The lowest BCUT2D eigenvalue weighted by molar-refractivity contribution is 0.298. The van der Waals surface area contributed by atoms with E-state index in [1.807, 2.05) is 16.9 Å². The molecule has 0 radical (unpaired) electrons. The molecule has 0 saturated carbocycles.